The highest BCUT2D eigenvalue weighted by molar-refractivity contribution is 9.10. The molecule has 0 saturated carbocycles. The predicted octanol–water partition coefficient (Wildman–Crippen LogP) is 4.28. The van der Waals surface area contributed by atoms with Gasteiger partial charge in [-0.25, -0.2) is 27.8 Å². The number of sulfonamides is 1. The maximum absolute atomic E-state index is 15.8. The molecule has 196 valence electrons. The van der Waals surface area contributed by atoms with Crippen molar-refractivity contribution in [2.45, 2.75) is 31.7 Å². The second-order valence-electron chi connectivity index (χ2n) is 8.08. The first kappa shape index (κ1) is 26.9. The van der Waals surface area contributed by atoms with Gasteiger partial charge in [0, 0.05) is 23.5 Å². The number of hydrogen-bond acceptors (Lipinski definition) is 10. The molecule has 4 aromatic rings. The van der Waals surface area contributed by atoms with Crippen molar-refractivity contribution in [2.24, 2.45) is 0 Å². The van der Waals surface area contributed by atoms with Crippen molar-refractivity contribution in [3.63, 3.8) is 0 Å². The van der Waals surface area contributed by atoms with Crippen LogP contribution in [0.3, 0.4) is 0 Å². The molecular weight excluding hydrogens is 589 g/mol. The summed E-state index contributed by atoms with van der Waals surface area (Å²) in [7, 11) is -1.47. The molecule has 0 aliphatic heterocycles. The van der Waals surface area contributed by atoms with E-state index in [0.29, 0.717) is 26.7 Å². The highest BCUT2D eigenvalue weighted by Gasteiger charge is 2.45. The number of anilines is 1. The Hall–Kier alpha value is -3.17. The molecule has 0 aliphatic rings. The van der Waals surface area contributed by atoms with Crippen molar-refractivity contribution >= 4 is 43.2 Å². The molecule has 1 aromatic carbocycles. The Morgan fingerprint density at radius 1 is 1.16 bits per heavy atom. The maximum Gasteiger partial charge on any atom is 0.243 e. The van der Waals surface area contributed by atoms with Gasteiger partial charge in [-0.05, 0) is 48.8 Å². The van der Waals surface area contributed by atoms with Crippen molar-refractivity contribution in [3.05, 3.63) is 52.0 Å². The number of aryl methyl sites for hydroxylation is 1. The van der Waals surface area contributed by atoms with Gasteiger partial charge in [-0.15, -0.1) is 21.5 Å². The second kappa shape index (κ2) is 10.3. The van der Waals surface area contributed by atoms with Gasteiger partial charge in [0.25, 0.3) is 0 Å². The van der Waals surface area contributed by atoms with Gasteiger partial charge in [-0.1, -0.05) is 6.07 Å². The topological polar surface area (TPSA) is 134 Å². The molecule has 0 spiro atoms. The average molecular weight is 613 g/mol. The van der Waals surface area contributed by atoms with E-state index in [-0.39, 0.29) is 17.6 Å². The van der Waals surface area contributed by atoms with Crippen LogP contribution in [-0.4, -0.2) is 57.6 Å². The molecule has 15 heteroatoms. The van der Waals surface area contributed by atoms with Crippen molar-refractivity contribution in [1.82, 2.24) is 29.7 Å². The number of benzene rings is 1. The summed E-state index contributed by atoms with van der Waals surface area (Å²) in [5.74, 6) is 0.484. The lowest BCUT2D eigenvalue weighted by molar-refractivity contribution is 0.175. The van der Waals surface area contributed by atoms with Crippen LogP contribution < -0.4 is 14.2 Å². The molecule has 3 heterocycles. The van der Waals surface area contributed by atoms with Gasteiger partial charge in [-0.3, -0.25) is 9.29 Å². The molecule has 11 nitrogen and oxygen atoms in total. The van der Waals surface area contributed by atoms with E-state index in [0.717, 1.165) is 12.6 Å². The Labute approximate surface area is 225 Å². The summed E-state index contributed by atoms with van der Waals surface area (Å²) in [5.41, 5.74) is -1.35. The van der Waals surface area contributed by atoms with Gasteiger partial charge in [0.1, 0.15) is 22.4 Å². The molecular formula is C22H23BrFN7O4S2. The third-order valence-corrected chi connectivity index (χ3v) is 8.82. The zero-order valence-corrected chi connectivity index (χ0v) is 23.6. The minimum absolute atomic E-state index is 0.204. The molecule has 4 rings (SSSR count). The van der Waals surface area contributed by atoms with Crippen LogP contribution in [-0.2, 0) is 15.7 Å². The number of hydrogen-bond donors (Lipinski definition) is 1. The summed E-state index contributed by atoms with van der Waals surface area (Å²) in [4.78, 5) is 12.4. The first-order valence-corrected chi connectivity index (χ1v) is 14.0. The van der Waals surface area contributed by atoms with Crippen molar-refractivity contribution in [2.75, 3.05) is 18.9 Å². The second-order valence-corrected chi connectivity index (χ2v) is 11.9. The Kier molecular flexibility index (Phi) is 7.48. The van der Waals surface area contributed by atoms with E-state index < -0.39 is 20.9 Å². The number of para-hydroxylation sites is 1. The number of alkyl halides is 1. The van der Waals surface area contributed by atoms with Crippen LogP contribution in [0.1, 0.15) is 25.4 Å². The smallest absolute Gasteiger partial charge is 0.243 e. The largest absolute Gasteiger partial charge is 0.494 e. The van der Waals surface area contributed by atoms with Gasteiger partial charge < -0.3 is 9.47 Å². The molecule has 0 fully saturated rings. The van der Waals surface area contributed by atoms with Crippen LogP contribution in [0.25, 0.3) is 16.5 Å². The molecule has 37 heavy (non-hydrogen) atoms. The lowest BCUT2D eigenvalue weighted by Gasteiger charge is -2.26. The predicted molar refractivity (Wildman–Crippen MR) is 141 cm³/mol. The molecule has 2 atom stereocenters. The summed E-state index contributed by atoms with van der Waals surface area (Å²) in [6.07, 6.45) is 2.69. The Morgan fingerprint density at radius 2 is 1.78 bits per heavy atom. The summed E-state index contributed by atoms with van der Waals surface area (Å²) in [5, 5.41) is 8.97. The van der Waals surface area contributed by atoms with E-state index in [2.05, 4.69) is 45.8 Å². The normalized spacial score (nSPS) is 14.1. The minimum Gasteiger partial charge on any atom is -0.494 e. The standard InChI is InChI=1S/C22H23BrFN7O4S2/c1-12-11-36-19(27-12)18-28-29-21(31(18)17-15(34-4)7-6-8-16(17)35-5)30-37(32,33)13(2)22(3,24)20-25-9-14(23)10-26-20/h6-11,13H,1-5H3,(H,29,30). The van der Waals surface area contributed by atoms with Gasteiger partial charge in [0.2, 0.25) is 16.0 Å². The highest BCUT2D eigenvalue weighted by atomic mass is 79.9. The van der Waals surface area contributed by atoms with Crippen LogP contribution in [0.4, 0.5) is 10.3 Å². The van der Waals surface area contributed by atoms with Crippen molar-refractivity contribution < 1.29 is 22.3 Å². The van der Waals surface area contributed by atoms with E-state index >= 15 is 4.39 Å². The monoisotopic (exact) mass is 611 g/mol. The molecule has 3 aromatic heterocycles. The lowest BCUT2D eigenvalue weighted by atomic mass is 10.0. The van der Waals surface area contributed by atoms with E-state index in [9.17, 15) is 8.42 Å². The summed E-state index contributed by atoms with van der Waals surface area (Å²) in [6.45, 7) is 4.16. The van der Waals surface area contributed by atoms with Crippen LogP contribution in [0.5, 0.6) is 11.5 Å². The Bertz CT molecular complexity index is 1500. The van der Waals surface area contributed by atoms with E-state index in [1.54, 1.807) is 18.2 Å². The van der Waals surface area contributed by atoms with Gasteiger partial charge in [0.15, 0.2) is 22.3 Å². The van der Waals surface area contributed by atoms with E-state index in [4.69, 9.17) is 9.47 Å². The summed E-state index contributed by atoms with van der Waals surface area (Å²) in [6, 6.07) is 5.08. The van der Waals surface area contributed by atoms with Crippen LogP contribution in [0.2, 0.25) is 0 Å². The number of nitrogens with zero attached hydrogens (tertiary/aromatic N) is 6. The number of methoxy groups -OCH3 is 2. The number of nitrogens with one attached hydrogen (secondary N) is 1. The minimum atomic E-state index is -4.40. The molecule has 0 aliphatic carbocycles. The fourth-order valence-corrected chi connectivity index (χ4v) is 5.69. The lowest BCUT2D eigenvalue weighted by Crippen LogP contribution is -2.41. The fourth-order valence-electron chi connectivity index (χ4n) is 3.46. The van der Waals surface area contributed by atoms with Gasteiger partial charge >= 0.3 is 0 Å². The van der Waals surface area contributed by atoms with E-state index in [1.165, 1.54) is 49.4 Å². The SMILES string of the molecule is COc1cccc(OC)c1-n1c(NS(=O)(=O)C(C)C(C)(F)c2ncc(Br)cn2)nnc1-c1nc(C)cs1. The van der Waals surface area contributed by atoms with Crippen LogP contribution >= 0.6 is 27.3 Å². The zero-order chi connectivity index (χ0) is 27.0. The fraction of sp³-hybridized carbons (Fsp3) is 0.318. The first-order chi connectivity index (χ1) is 17.5. The van der Waals surface area contributed by atoms with Gasteiger partial charge in [0.05, 0.1) is 18.7 Å². The Balaban J connectivity index is 1.84. The third-order valence-electron chi connectivity index (χ3n) is 5.62. The van der Waals surface area contributed by atoms with Crippen LogP contribution in [0.15, 0.2) is 40.4 Å². The molecule has 0 saturated heterocycles. The number of aromatic nitrogens is 6. The molecule has 1 N–H and O–H groups in total. The number of thiazole rings is 1. The number of ether oxygens (including phenoxy) is 2. The third kappa shape index (κ3) is 5.15. The van der Waals surface area contributed by atoms with Crippen molar-refractivity contribution in [3.8, 4) is 28.0 Å². The Morgan fingerprint density at radius 3 is 2.32 bits per heavy atom. The average Bonchev–Trinajstić information content (AvgIpc) is 3.48. The summed E-state index contributed by atoms with van der Waals surface area (Å²) >= 11 is 4.49. The molecule has 0 radical (unpaired) electrons. The summed E-state index contributed by atoms with van der Waals surface area (Å²) < 4.78 is 58.2. The number of rotatable bonds is 9. The number of halogens is 2. The van der Waals surface area contributed by atoms with Gasteiger partial charge in [-0.2, -0.15) is 0 Å². The quantitative estimate of drug-likeness (QED) is 0.294. The van der Waals surface area contributed by atoms with Crippen LogP contribution in [0, 0.1) is 6.92 Å². The van der Waals surface area contributed by atoms with Crippen molar-refractivity contribution in [1.29, 1.82) is 0 Å². The van der Waals surface area contributed by atoms with E-state index in [1.807, 2.05) is 12.3 Å². The zero-order valence-electron chi connectivity index (χ0n) is 20.4. The highest BCUT2D eigenvalue weighted by Crippen LogP contribution is 2.39. The molecule has 2 unspecified atom stereocenters. The molecule has 0 bridgehead atoms. The maximum atomic E-state index is 15.8. The first-order valence-electron chi connectivity index (χ1n) is 10.8. The molecule has 0 amide bonds.